The van der Waals surface area contributed by atoms with Crippen LogP contribution in [-0.2, 0) is 33.2 Å². The van der Waals surface area contributed by atoms with E-state index in [1.807, 2.05) is 0 Å². The monoisotopic (exact) mass is 722 g/mol. The van der Waals surface area contributed by atoms with E-state index in [1.165, 1.54) is 32.1 Å². The van der Waals surface area contributed by atoms with Crippen molar-refractivity contribution in [2.75, 3.05) is 33.0 Å². The van der Waals surface area contributed by atoms with Gasteiger partial charge in [0.1, 0.15) is 54.9 Å². The maximum atomic E-state index is 12.6. The zero-order valence-corrected chi connectivity index (χ0v) is 30.1. The molecule has 2 aliphatic heterocycles. The summed E-state index contributed by atoms with van der Waals surface area (Å²) in [6.45, 7) is 3.46. The number of ether oxygens (including phenoxy) is 6. The lowest BCUT2D eigenvalue weighted by Crippen LogP contribution is -2.61. The number of hydrogen-bond donors (Lipinski definition) is 7. The molecule has 0 bridgehead atoms. The quantitative estimate of drug-likeness (QED) is 0.0367. The normalized spacial score (nSPS) is 30.9. The Hall–Kier alpha value is -1.27. The summed E-state index contributed by atoms with van der Waals surface area (Å²) in [4.78, 5) is 12.6. The Morgan fingerprint density at radius 1 is 0.640 bits per heavy atom. The number of hydrogen-bond acceptors (Lipinski definition) is 14. The zero-order valence-electron chi connectivity index (χ0n) is 30.1. The van der Waals surface area contributed by atoms with Gasteiger partial charge in [0.25, 0.3) is 0 Å². The molecule has 0 aliphatic carbocycles. The smallest absolute Gasteiger partial charge is 0.306 e. The summed E-state index contributed by atoms with van der Waals surface area (Å²) < 4.78 is 33.7. The lowest BCUT2D eigenvalue weighted by Gasteiger charge is -2.42. The van der Waals surface area contributed by atoms with E-state index in [0.29, 0.717) is 13.0 Å². The van der Waals surface area contributed by atoms with Crippen LogP contribution in [0.5, 0.6) is 0 Å². The molecule has 0 radical (unpaired) electrons. The number of esters is 1. The standard InChI is InChI=1S/C36H66O14/c1-3-5-7-9-10-11-12-13-14-15-16-18-20-45-22-25(48-28(38)19-17-8-6-4-2)23-46-35-34(44)32(42)30(40)27(50-35)24-47-36-33(43)31(41)29(39)26(21-37)49-36/h9-10,25-27,29-37,39-44H,3-8,11-24H2,1-2H3/b10-9-. The third-order valence-electron chi connectivity index (χ3n) is 9.02. The molecule has 0 saturated carbocycles. The van der Waals surface area contributed by atoms with Crippen molar-refractivity contribution in [3.8, 4) is 0 Å². The van der Waals surface area contributed by atoms with Crippen LogP contribution in [0.3, 0.4) is 0 Å². The molecule has 0 aromatic heterocycles. The van der Waals surface area contributed by atoms with Gasteiger partial charge in [-0.1, -0.05) is 83.8 Å². The molecule has 11 atom stereocenters. The number of allylic oxidation sites excluding steroid dienone is 2. The second kappa shape index (κ2) is 26.5. The first-order valence-corrected chi connectivity index (χ1v) is 18.8. The first kappa shape index (κ1) is 44.9. The first-order chi connectivity index (χ1) is 24.1. The highest BCUT2D eigenvalue weighted by atomic mass is 16.7. The van der Waals surface area contributed by atoms with Crippen LogP contribution >= 0.6 is 0 Å². The highest BCUT2D eigenvalue weighted by molar-refractivity contribution is 5.69. The maximum Gasteiger partial charge on any atom is 0.306 e. The van der Waals surface area contributed by atoms with Crippen molar-refractivity contribution in [3.63, 3.8) is 0 Å². The molecule has 2 heterocycles. The van der Waals surface area contributed by atoms with E-state index in [-0.39, 0.29) is 19.6 Å². The molecule has 7 N–H and O–H groups in total. The Balaban J connectivity index is 1.83. The summed E-state index contributed by atoms with van der Waals surface area (Å²) in [6, 6.07) is 0. The van der Waals surface area contributed by atoms with Gasteiger partial charge >= 0.3 is 5.97 Å². The fourth-order valence-electron chi connectivity index (χ4n) is 5.79. The molecular weight excluding hydrogens is 656 g/mol. The number of rotatable bonds is 27. The maximum absolute atomic E-state index is 12.6. The van der Waals surface area contributed by atoms with Gasteiger partial charge in [0.15, 0.2) is 12.6 Å². The molecule has 0 spiro atoms. The predicted molar refractivity (Wildman–Crippen MR) is 183 cm³/mol. The van der Waals surface area contributed by atoms with Crippen molar-refractivity contribution in [2.24, 2.45) is 0 Å². The molecule has 0 amide bonds. The van der Waals surface area contributed by atoms with Crippen LogP contribution in [0.4, 0.5) is 0 Å². The van der Waals surface area contributed by atoms with Gasteiger partial charge in [-0.05, 0) is 32.1 Å². The van der Waals surface area contributed by atoms with Crippen LogP contribution in [0.1, 0.15) is 110 Å². The molecule has 0 aromatic carbocycles. The fourth-order valence-corrected chi connectivity index (χ4v) is 5.79. The van der Waals surface area contributed by atoms with Crippen molar-refractivity contribution >= 4 is 5.97 Å². The summed E-state index contributed by atoms with van der Waals surface area (Å²) >= 11 is 0. The van der Waals surface area contributed by atoms with Crippen molar-refractivity contribution in [2.45, 2.75) is 178 Å². The van der Waals surface area contributed by atoms with Gasteiger partial charge in [0.2, 0.25) is 0 Å². The average Bonchev–Trinajstić information content (AvgIpc) is 3.11. The SMILES string of the molecule is CCCC/C=C\CCCCCCCCOCC(COC1OC(COC2OC(CO)C(O)C(O)C2O)C(O)C(O)C1O)OC(=O)CCCCCC. The number of aliphatic hydroxyl groups excluding tert-OH is 7. The minimum absolute atomic E-state index is 0.0582. The van der Waals surface area contributed by atoms with Crippen LogP contribution in [0.15, 0.2) is 12.2 Å². The van der Waals surface area contributed by atoms with Crippen molar-refractivity contribution in [3.05, 3.63) is 12.2 Å². The highest BCUT2D eigenvalue weighted by Crippen LogP contribution is 2.26. The summed E-state index contributed by atoms with van der Waals surface area (Å²) in [7, 11) is 0. The molecule has 294 valence electrons. The first-order valence-electron chi connectivity index (χ1n) is 18.8. The molecule has 2 fully saturated rings. The largest absolute Gasteiger partial charge is 0.457 e. The predicted octanol–water partition coefficient (Wildman–Crippen LogP) is 2.00. The van der Waals surface area contributed by atoms with Gasteiger partial charge < -0.3 is 64.2 Å². The topological polar surface area (TPSA) is 214 Å². The Morgan fingerprint density at radius 2 is 1.20 bits per heavy atom. The minimum atomic E-state index is -1.70. The molecule has 11 unspecified atom stereocenters. The van der Waals surface area contributed by atoms with Crippen molar-refractivity contribution in [1.29, 1.82) is 0 Å². The van der Waals surface area contributed by atoms with E-state index < -0.39 is 86.7 Å². The lowest BCUT2D eigenvalue weighted by atomic mass is 9.98. The van der Waals surface area contributed by atoms with E-state index in [4.69, 9.17) is 28.4 Å². The van der Waals surface area contributed by atoms with Crippen LogP contribution in [0, 0.1) is 0 Å². The van der Waals surface area contributed by atoms with Crippen LogP contribution < -0.4 is 0 Å². The Bertz CT molecular complexity index is 891. The average molecular weight is 723 g/mol. The van der Waals surface area contributed by atoms with Gasteiger partial charge in [0.05, 0.1) is 26.4 Å². The fraction of sp³-hybridized carbons (Fsp3) is 0.917. The molecule has 2 rings (SSSR count). The van der Waals surface area contributed by atoms with E-state index in [0.717, 1.165) is 51.4 Å². The summed E-state index contributed by atoms with van der Waals surface area (Å²) in [5.74, 6) is -0.398. The molecule has 2 saturated heterocycles. The molecule has 0 aromatic rings. The van der Waals surface area contributed by atoms with Crippen molar-refractivity contribution in [1.82, 2.24) is 0 Å². The third kappa shape index (κ3) is 16.6. The summed E-state index contributed by atoms with van der Waals surface area (Å²) in [5, 5.41) is 71.3. The lowest BCUT2D eigenvalue weighted by molar-refractivity contribution is -0.332. The van der Waals surface area contributed by atoms with Crippen LogP contribution in [0.2, 0.25) is 0 Å². The van der Waals surface area contributed by atoms with Gasteiger partial charge in [-0.2, -0.15) is 0 Å². The number of carbonyl (C=O) groups is 1. The van der Waals surface area contributed by atoms with Crippen LogP contribution in [0.25, 0.3) is 0 Å². The molecule has 14 nitrogen and oxygen atoms in total. The second-order valence-electron chi connectivity index (χ2n) is 13.4. The Labute approximate surface area is 297 Å². The van der Waals surface area contributed by atoms with Crippen molar-refractivity contribution < 1.29 is 69.0 Å². The van der Waals surface area contributed by atoms with Gasteiger partial charge in [-0.15, -0.1) is 0 Å². The zero-order chi connectivity index (χ0) is 36.7. The van der Waals surface area contributed by atoms with Crippen LogP contribution in [-0.4, -0.2) is 142 Å². The minimum Gasteiger partial charge on any atom is -0.457 e. The molecular formula is C36H66O14. The number of aliphatic hydroxyl groups is 7. The van der Waals surface area contributed by atoms with E-state index in [9.17, 15) is 40.5 Å². The number of carbonyl (C=O) groups excluding carboxylic acids is 1. The summed E-state index contributed by atoms with van der Waals surface area (Å²) in [6.07, 6.45) is 3.69. The molecule has 50 heavy (non-hydrogen) atoms. The van der Waals surface area contributed by atoms with E-state index >= 15 is 0 Å². The Kier molecular flexibility index (Phi) is 23.8. The Morgan fingerprint density at radius 3 is 1.86 bits per heavy atom. The summed E-state index contributed by atoms with van der Waals surface area (Å²) in [5.41, 5.74) is 0. The van der Waals surface area contributed by atoms with E-state index in [2.05, 4.69) is 26.0 Å². The molecule has 14 heteroatoms. The highest BCUT2D eigenvalue weighted by Gasteiger charge is 2.47. The number of unbranched alkanes of at least 4 members (excludes halogenated alkanes) is 11. The molecule has 2 aliphatic rings. The van der Waals surface area contributed by atoms with E-state index in [1.54, 1.807) is 0 Å². The second-order valence-corrected chi connectivity index (χ2v) is 13.4. The third-order valence-corrected chi connectivity index (χ3v) is 9.02. The van der Waals surface area contributed by atoms with Gasteiger partial charge in [-0.25, -0.2) is 0 Å². The van der Waals surface area contributed by atoms with Gasteiger partial charge in [-0.3, -0.25) is 4.79 Å². The van der Waals surface area contributed by atoms with Gasteiger partial charge in [0, 0.05) is 13.0 Å².